The summed E-state index contributed by atoms with van der Waals surface area (Å²) in [6, 6.07) is 8.22. The Labute approximate surface area is 239 Å². The van der Waals surface area contributed by atoms with Crippen LogP contribution in [0.2, 0.25) is 5.82 Å². The Bertz CT molecular complexity index is 1240. The average molecular weight is 566 g/mol. The zero-order chi connectivity index (χ0) is 30.2. The molecule has 1 aromatic heterocycles. The number of nitrogens with zero attached hydrogens (tertiary/aromatic N) is 3. The molecule has 0 aliphatic carbocycles. The summed E-state index contributed by atoms with van der Waals surface area (Å²) in [6.45, 7) is 3.84. The third kappa shape index (κ3) is 8.68. The van der Waals surface area contributed by atoms with Gasteiger partial charge in [-0.3, -0.25) is 29.0 Å². The fourth-order valence-electron chi connectivity index (χ4n) is 4.68. The summed E-state index contributed by atoms with van der Waals surface area (Å²) >= 11 is 0. The minimum atomic E-state index is -2.01. The number of aliphatic carboxylic acids is 1. The van der Waals surface area contributed by atoms with Crippen molar-refractivity contribution < 1.29 is 38.4 Å². The molecule has 1 saturated heterocycles. The fourth-order valence-corrected chi connectivity index (χ4v) is 4.68. The van der Waals surface area contributed by atoms with Crippen LogP contribution in [0.25, 0.3) is 0 Å². The van der Waals surface area contributed by atoms with Crippen LogP contribution in [0.15, 0.2) is 48.9 Å². The maximum absolute atomic E-state index is 13.7. The van der Waals surface area contributed by atoms with Crippen molar-refractivity contribution >= 4 is 36.7 Å². The van der Waals surface area contributed by atoms with Crippen LogP contribution in [0.1, 0.15) is 55.6 Å². The van der Waals surface area contributed by atoms with Gasteiger partial charge in [0.05, 0.1) is 25.1 Å². The van der Waals surface area contributed by atoms with Gasteiger partial charge in [0, 0.05) is 38.7 Å². The SMILES string of the molecule is CC(C)C[C@H](CC(=O)[C@H](Cc1ccccc1)NC(=O)c1cnccn1)B1OC(=O)[C@](CC(=O)O)(CC(=O)N(C)C)O1. The Morgan fingerprint density at radius 1 is 1.10 bits per heavy atom. The lowest BCUT2D eigenvalue weighted by Gasteiger charge is -2.26. The number of aromatic nitrogens is 2. The van der Waals surface area contributed by atoms with Crippen LogP contribution >= 0.6 is 0 Å². The van der Waals surface area contributed by atoms with Crippen molar-refractivity contribution in [2.75, 3.05) is 14.1 Å². The summed E-state index contributed by atoms with van der Waals surface area (Å²) in [5, 5.41) is 12.3. The highest BCUT2D eigenvalue weighted by Crippen LogP contribution is 2.38. The number of carbonyl (C=O) groups is 5. The first kappa shape index (κ1) is 31.4. The molecule has 0 radical (unpaired) electrons. The van der Waals surface area contributed by atoms with Gasteiger partial charge in [0.25, 0.3) is 5.91 Å². The topological polar surface area (TPSA) is 165 Å². The number of carboxylic acid groups (broad SMARTS) is 1. The van der Waals surface area contributed by atoms with Gasteiger partial charge in [-0.2, -0.15) is 0 Å². The number of rotatable bonds is 14. The van der Waals surface area contributed by atoms with Gasteiger partial charge in [0.2, 0.25) is 5.91 Å². The predicted molar refractivity (Wildman–Crippen MR) is 147 cm³/mol. The second-order valence-electron chi connectivity index (χ2n) is 10.8. The Balaban J connectivity index is 1.86. The van der Waals surface area contributed by atoms with Crippen molar-refractivity contribution in [2.24, 2.45) is 5.92 Å². The first-order valence-corrected chi connectivity index (χ1v) is 13.3. The minimum absolute atomic E-state index is 0.0501. The van der Waals surface area contributed by atoms with Crippen LogP contribution < -0.4 is 5.32 Å². The van der Waals surface area contributed by atoms with E-state index in [0.29, 0.717) is 6.42 Å². The number of hydrogen-bond acceptors (Lipinski definition) is 9. The van der Waals surface area contributed by atoms with Crippen LogP contribution in [0, 0.1) is 5.92 Å². The van der Waals surface area contributed by atoms with Gasteiger partial charge in [0.1, 0.15) is 5.69 Å². The molecule has 218 valence electrons. The van der Waals surface area contributed by atoms with Crippen molar-refractivity contribution in [3.63, 3.8) is 0 Å². The molecule has 2 N–H and O–H groups in total. The first-order chi connectivity index (χ1) is 19.4. The lowest BCUT2D eigenvalue weighted by atomic mass is 9.65. The molecule has 12 nitrogen and oxygen atoms in total. The number of carbonyl (C=O) groups excluding carboxylic acids is 4. The molecule has 1 aliphatic rings. The lowest BCUT2D eigenvalue weighted by molar-refractivity contribution is -0.155. The zero-order valence-corrected chi connectivity index (χ0v) is 23.6. The third-order valence-corrected chi connectivity index (χ3v) is 6.70. The quantitative estimate of drug-likeness (QED) is 0.323. The van der Waals surface area contributed by atoms with Gasteiger partial charge in [-0.05, 0) is 24.3 Å². The summed E-state index contributed by atoms with van der Waals surface area (Å²) in [4.78, 5) is 73.0. The molecule has 41 heavy (non-hydrogen) atoms. The number of hydrogen-bond donors (Lipinski definition) is 2. The second-order valence-corrected chi connectivity index (χ2v) is 10.8. The van der Waals surface area contributed by atoms with E-state index in [1.165, 1.54) is 37.6 Å². The molecule has 0 unspecified atom stereocenters. The van der Waals surface area contributed by atoms with Crippen molar-refractivity contribution in [1.82, 2.24) is 20.2 Å². The predicted octanol–water partition coefficient (Wildman–Crippen LogP) is 1.95. The molecular formula is C28H35BN4O8. The molecule has 1 aliphatic heterocycles. The van der Waals surface area contributed by atoms with E-state index in [2.05, 4.69) is 15.3 Å². The number of nitrogens with one attached hydrogen (secondary N) is 1. The maximum Gasteiger partial charge on any atom is 0.531 e. The van der Waals surface area contributed by atoms with Crippen LogP contribution in [0.4, 0.5) is 0 Å². The van der Waals surface area contributed by atoms with Crippen LogP contribution in [0.3, 0.4) is 0 Å². The molecule has 0 spiro atoms. The molecule has 3 atom stereocenters. The summed E-state index contributed by atoms with van der Waals surface area (Å²) in [7, 11) is 1.71. The largest absolute Gasteiger partial charge is 0.531 e. The lowest BCUT2D eigenvalue weighted by Crippen LogP contribution is -2.45. The first-order valence-electron chi connectivity index (χ1n) is 13.3. The van der Waals surface area contributed by atoms with Crippen LogP contribution in [0.5, 0.6) is 0 Å². The highest BCUT2D eigenvalue weighted by molar-refractivity contribution is 6.51. The molecule has 1 fully saturated rings. The van der Waals surface area contributed by atoms with Gasteiger partial charge in [-0.15, -0.1) is 0 Å². The van der Waals surface area contributed by atoms with E-state index < -0.39 is 61.2 Å². The number of amides is 2. The van der Waals surface area contributed by atoms with E-state index in [1.807, 2.05) is 44.2 Å². The third-order valence-electron chi connectivity index (χ3n) is 6.70. The molecule has 3 rings (SSSR count). The van der Waals surface area contributed by atoms with Crippen molar-refractivity contribution in [3.8, 4) is 0 Å². The fraction of sp³-hybridized carbons (Fsp3) is 0.464. The summed E-state index contributed by atoms with van der Waals surface area (Å²) in [5.74, 6) is -4.32. The number of ketones is 1. The summed E-state index contributed by atoms with van der Waals surface area (Å²) in [6.07, 6.45) is 3.26. The highest BCUT2D eigenvalue weighted by Gasteiger charge is 2.57. The molecule has 0 saturated carbocycles. The Morgan fingerprint density at radius 3 is 2.39 bits per heavy atom. The number of benzene rings is 1. The molecule has 2 aromatic rings. The Hall–Kier alpha value is -4.13. The standard InChI is InChI=1S/C28H35BN4O8/c1-18(2)12-20(29-40-27(39)28(41-29,16-25(36)37)15-24(35)33(3)4)14-23(34)21(13-19-8-6-5-7-9-19)32-26(38)22-17-30-10-11-31-22/h5-11,17-18,20-21H,12-16H2,1-4H3,(H,32,38)(H,36,37)/t20-,21+,28-/m1/s1. The van der Waals surface area contributed by atoms with E-state index in [4.69, 9.17) is 9.31 Å². The van der Waals surface area contributed by atoms with Crippen LogP contribution in [-0.2, 0) is 34.9 Å². The average Bonchev–Trinajstić information content (AvgIpc) is 3.23. The van der Waals surface area contributed by atoms with E-state index in [-0.39, 0.29) is 30.2 Å². The summed E-state index contributed by atoms with van der Waals surface area (Å²) < 4.78 is 11.5. The van der Waals surface area contributed by atoms with E-state index in [9.17, 15) is 29.1 Å². The van der Waals surface area contributed by atoms with Gasteiger partial charge >= 0.3 is 19.1 Å². The molecule has 1 aromatic carbocycles. The van der Waals surface area contributed by atoms with E-state index in [1.54, 1.807) is 0 Å². The number of carboxylic acids is 1. The van der Waals surface area contributed by atoms with Crippen molar-refractivity contribution in [1.29, 1.82) is 0 Å². The van der Waals surface area contributed by atoms with Crippen molar-refractivity contribution in [2.45, 2.75) is 63.4 Å². The van der Waals surface area contributed by atoms with E-state index >= 15 is 0 Å². The van der Waals surface area contributed by atoms with Crippen molar-refractivity contribution in [3.05, 3.63) is 60.2 Å². The Morgan fingerprint density at radius 2 is 1.80 bits per heavy atom. The summed E-state index contributed by atoms with van der Waals surface area (Å²) in [5.41, 5.74) is -1.15. The van der Waals surface area contributed by atoms with Crippen LogP contribution in [-0.4, -0.2) is 82.4 Å². The van der Waals surface area contributed by atoms with Gasteiger partial charge in [0.15, 0.2) is 11.4 Å². The van der Waals surface area contributed by atoms with E-state index in [0.717, 1.165) is 5.56 Å². The normalized spacial score (nSPS) is 18.0. The monoisotopic (exact) mass is 566 g/mol. The highest BCUT2D eigenvalue weighted by atomic mass is 16.7. The smallest absolute Gasteiger partial charge is 0.507 e. The minimum Gasteiger partial charge on any atom is -0.507 e. The number of Topliss-reactive ketones (excluding diaryl/α,β-unsaturated/α-hetero) is 1. The molecule has 0 bridgehead atoms. The van der Waals surface area contributed by atoms with Gasteiger partial charge < -0.3 is 24.6 Å². The van der Waals surface area contributed by atoms with Gasteiger partial charge in [-0.25, -0.2) is 4.98 Å². The molecule has 2 amide bonds. The van der Waals surface area contributed by atoms with Gasteiger partial charge in [-0.1, -0.05) is 44.2 Å². The zero-order valence-electron chi connectivity index (χ0n) is 23.6. The second kappa shape index (κ2) is 14.0. The molecular weight excluding hydrogens is 531 g/mol. The Kier molecular flexibility index (Phi) is 10.7. The maximum atomic E-state index is 13.7. The molecule has 2 heterocycles. The molecule has 13 heteroatoms.